The number of nitrogens with zero attached hydrogens (tertiary/aromatic N) is 4. The van der Waals surface area contributed by atoms with Crippen molar-refractivity contribution in [2.24, 2.45) is 11.7 Å². The van der Waals surface area contributed by atoms with Gasteiger partial charge in [0.1, 0.15) is 0 Å². The van der Waals surface area contributed by atoms with Crippen molar-refractivity contribution >= 4 is 34.9 Å². The Balaban J connectivity index is 1.78. The summed E-state index contributed by atoms with van der Waals surface area (Å²) in [7, 11) is 0. The first-order valence-electron chi connectivity index (χ1n) is 12.5. The molecule has 0 saturated carbocycles. The number of primary amides is 1. The van der Waals surface area contributed by atoms with E-state index in [1.165, 1.54) is 0 Å². The van der Waals surface area contributed by atoms with Crippen LogP contribution in [0.15, 0.2) is 54.6 Å². The van der Waals surface area contributed by atoms with Crippen LogP contribution < -0.4 is 20.4 Å². The van der Waals surface area contributed by atoms with Gasteiger partial charge < -0.3 is 20.3 Å². The highest BCUT2D eigenvalue weighted by Gasteiger charge is 2.45. The zero-order chi connectivity index (χ0) is 25.7. The van der Waals surface area contributed by atoms with Crippen LogP contribution in [0.5, 0.6) is 0 Å². The molecule has 0 aliphatic carbocycles. The normalized spacial score (nSPS) is 18.8. The first-order chi connectivity index (χ1) is 17.4. The number of ether oxygens (including phenoxy) is 1. The summed E-state index contributed by atoms with van der Waals surface area (Å²) in [6, 6.07) is 13.9. The Labute approximate surface area is 212 Å². The van der Waals surface area contributed by atoms with Crippen LogP contribution >= 0.6 is 0 Å². The van der Waals surface area contributed by atoms with Crippen LogP contribution in [0.2, 0.25) is 0 Å². The van der Waals surface area contributed by atoms with Crippen molar-refractivity contribution in [2.45, 2.75) is 26.3 Å². The predicted molar refractivity (Wildman–Crippen MR) is 140 cm³/mol. The molecule has 2 N–H and O–H groups in total. The van der Waals surface area contributed by atoms with Crippen LogP contribution in [0.3, 0.4) is 0 Å². The molecule has 1 atom stereocenters. The van der Waals surface area contributed by atoms with Gasteiger partial charge in [-0.05, 0) is 36.6 Å². The number of nitrogens with two attached hydrogens (primary N) is 1. The minimum atomic E-state index is -1.41. The molecule has 2 aromatic rings. The molecule has 36 heavy (non-hydrogen) atoms. The molecule has 192 valence electrons. The first kappa shape index (κ1) is 25.7. The Morgan fingerprint density at radius 3 is 2.03 bits per heavy atom. The van der Waals surface area contributed by atoms with Gasteiger partial charge in [-0.3, -0.25) is 19.4 Å². The third-order valence-corrected chi connectivity index (χ3v) is 6.67. The van der Waals surface area contributed by atoms with Gasteiger partial charge in [0.15, 0.2) is 6.04 Å². The lowest BCUT2D eigenvalue weighted by molar-refractivity contribution is -0.128. The second-order valence-corrected chi connectivity index (χ2v) is 9.55. The van der Waals surface area contributed by atoms with E-state index in [2.05, 4.69) is 18.7 Å². The van der Waals surface area contributed by atoms with E-state index in [-0.39, 0.29) is 0 Å². The van der Waals surface area contributed by atoms with Crippen molar-refractivity contribution in [3.8, 4) is 0 Å². The lowest BCUT2D eigenvalue weighted by atomic mass is 10.1. The Morgan fingerprint density at radius 2 is 1.47 bits per heavy atom. The maximum Gasteiger partial charge on any atom is 0.320 e. The van der Waals surface area contributed by atoms with E-state index < -0.39 is 23.9 Å². The number of carbonyl (C=O) groups is 3. The predicted octanol–water partition coefficient (Wildman–Crippen LogP) is 2.70. The fourth-order valence-corrected chi connectivity index (χ4v) is 4.69. The van der Waals surface area contributed by atoms with Crippen LogP contribution in [-0.2, 0) is 14.3 Å². The summed E-state index contributed by atoms with van der Waals surface area (Å²) in [6.45, 7) is 8.47. The number of para-hydroxylation sites is 3. The fourth-order valence-electron chi connectivity index (χ4n) is 4.69. The van der Waals surface area contributed by atoms with Gasteiger partial charge in [-0.1, -0.05) is 44.2 Å². The van der Waals surface area contributed by atoms with Crippen molar-refractivity contribution < 1.29 is 19.1 Å². The lowest BCUT2D eigenvalue weighted by Gasteiger charge is -2.33. The Hall–Kier alpha value is -3.43. The van der Waals surface area contributed by atoms with Crippen molar-refractivity contribution in [3.05, 3.63) is 54.6 Å². The van der Waals surface area contributed by atoms with E-state index in [1.807, 2.05) is 24.3 Å². The van der Waals surface area contributed by atoms with Gasteiger partial charge in [-0.15, -0.1) is 0 Å². The van der Waals surface area contributed by atoms with Crippen molar-refractivity contribution in [2.75, 3.05) is 60.6 Å². The van der Waals surface area contributed by atoms with Crippen LogP contribution in [0.25, 0.3) is 0 Å². The summed E-state index contributed by atoms with van der Waals surface area (Å²) in [6.07, 6.45) is 0.747. The molecule has 0 spiro atoms. The van der Waals surface area contributed by atoms with Gasteiger partial charge in [0, 0.05) is 38.4 Å². The highest BCUT2D eigenvalue weighted by molar-refractivity contribution is 6.24. The summed E-state index contributed by atoms with van der Waals surface area (Å²) < 4.78 is 5.46. The average Bonchev–Trinajstić information content (AvgIpc) is 2.96. The van der Waals surface area contributed by atoms with Crippen molar-refractivity contribution in [1.29, 1.82) is 0 Å². The molecule has 9 nitrogen and oxygen atoms in total. The minimum absolute atomic E-state index is 0.348. The van der Waals surface area contributed by atoms with E-state index in [4.69, 9.17) is 10.5 Å². The van der Waals surface area contributed by atoms with Gasteiger partial charge in [0.05, 0.1) is 24.6 Å². The average molecular weight is 494 g/mol. The van der Waals surface area contributed by atoms with E-state index in [1.54, 1.807) is 40.1 Å². The maximum absolute atomic E-state index is 14.2. The minimum Gasteiger partial charge on any atom is -0.379 e. The zero-order valence-electron chi connectivity index (χ0n) is 21.0. The molecule has 1 saturated heterocycles. The highest BCUT2D eigenvalue weighted by Crippen LogP contribution is 2.35. The van der Waals surface area contributed by atoms with E-state index in [0.29, 0.717) is 55.8 Å². The third kappa shape index (κ3) is 5.52. The van der Waals surface area contributed by atoms with Crippen LogP contribution in [0, 0.1) is 5.92 Å². The summed E-state index contributed by atoms with van der Waals surface area (Å²) in [4.78, 5) is 47.7. The van der Waals surface area contributed by atoms with Crippen LogP contribution in [-0.4, -0.2) is 74.7 Å². The SMILES string of the molecule is CC(C)CCN1C(=O)C(N(C(N)=O)c2ccccc2)C(=O)N(CCN2CCOCC2)c2ccccc21. The number of hydrogen-bond donors (Lipinski definition) is 1. The third-order valence-electron chi connectivity index (χ3n) is 6.67. The molecule has 2 aliphatic rings. The van der Waals surface area contributed by atoms with Crippen molar-refractivity contribution in [3.63, 3.8) is 0 Å². The highest BCUT2D eigenvalue weighted by atomic mass is 16.5. The molecule has 0 bridgehead atoms. The molecule has 2 aromatic carbocycles. The van der Waals surface area contributed by atoms with Crippen LogP contribution in [0.1, 0.15) is 20.3 Å². The number of urea groups is 1. The molecular formula is C27H35N5O4. The molecule has 0 aromatic heterocycles. The van der Waals surface area contributed by atoms with Gasteiger partial charge >= 0.3 is 6.03 Å². The molecule has 0 radical (unpaired) electrons. The van der Waals surface area contributed by atoms with E-state index >= 15 is 0 Å². The van der Waals surface area contributed by atoms with Gasteiger partial charge in [0.25, 0.3) is 11.8 Å². The molecule has 1 unspecified atom stereocenters. The zero-order valence-corrected chi connectivity index (χ0v) is 21.0. The standard InChI is InChI=1S/C27H35N5O4/c1-20(2)12-13-30-22-10-6-7-11-23(22)31(15-14-29-16-18-36-19-17-29)26(34)24(25(30)33)32(27(28)35)21-8-4-3-5-9-21/h3-11,20,24H,12-19H2,1-2H3,(H2,28,35). The number of amides is 4. The van der Waals surface area contributed by atoms with Crippen LogP contribution in [0.4, 0.5) is 21.9 Å². The summed E-state index contributed by atoms with van der Waals surface area (Å²) in [5.74, 6) is -0.568. The monoisotopic (exact) mass is 493 g/mol. The number of fused-ring (bicyclic) bond motifs is 1. The molecule has 9 heteroatoms. The molecule has 4 amide bonds. The molecule has 4 rings (SSSR count). The maximum atomic E-state index is 14.2. The fraction of sp³-hybridized carbons (Fsp3) is 0.444. The Morgan fingerprint density at radius 1 is 0.917 bits per heavy atom. The number of rotatable bonds is 8. The van der Waals surface area contributed by atoms with Gasteiger partial charge in [-0.2, -0.15) is 0 Å². The first-order valence-corrected chi connectivity index (χ1v) is 12.5. The molecular weight excluding hydrogens is 458 g/mol. The number of morpholine rings is 1. The molecule has 2 aliphatic heterocycles. The smallest absolute Gasteiger partial charge is 0.320 e. The Bertz CT molecular complexity index is 1070. The van der Waals surface area contributed by atoms with E-state index in [9.17, 15) is 14.4 Å². The van der Waals surface area contributed by atoms with Gasteiger partial charge in [-0.25, -0.2) is 4.79 Å². The summed E-state index contributed by atoms with van der Waals surface area (Å²) >= 11 is 0. The van der Waals surface area contributed by atoms with Gasteiger partial charge in [0.2, 0.25) is 0 Å². The second-order valence-electron chi connectivity index (χ2n) is 9.55. The number of carbonyl (C=O) groups excluding carboxylic acids is 3. The number of hydrogen-bond acceptors (Lipinski definition) is 5. The summed E-state index contributed by atoms with van der Waals surface area (Å²) in [5, 5.41) is 0. The molecule has 2 heterocycles. The lowest BCUT2D eigenvalue weighted by Crippen LogP contribution is -2.59. The largest absolute Gasteiger partial charge is 0.379 e. The number of benzene rings is 2. The molecule has 1 fully saturated rings. The topological polar surface area (TPSA) is 99.4 Å². The quantitative estimate of drug-likeness (QED) is 0.570. The number of anilines is 3. The summed E-state index contributed by atoms with van der Waals surface area (Å²) in [5.41, 5.74) is 7.54. The van der Waals surface area contributed by atoms with E-state index in [0.717, 1.165) is 24.4 Å². The van der Waals surface area contributed by atoms with Crippen molar-refractivity contribution in [1.82, 2.24) is 4.90 Å². The second kappa shape index (κ2) is 11.5. The Kier molecular flexibility index (Phi) is 8.22.